The number of alkyl halides is 1. The van der Waals surface area contributed by atoms with Gasteiger partial charge in [0.15, 0.2) is 0 Å². The van der Waals surface area contributed by atoms with Crippen molar-refractivity contribution in [3.8, 4) is 0 Å². The smallest absolute Gasteiger partial charge is 0.133 e. The molecule has 0 aliphatic rings. The van der Waals surface area contributed by atoms with Gasteiger partial charge in [0.1, 0.15) is 23.1 Å². The molecule has 0 saturated heterocycles. The van der Waals surface area contributed by atoms with Crippen LogP contribution in [0.5, 0.6) is 0 Å². The molecule has 0 bridgehead atoms. The van der Waals surface area contributed by atoms with Crippen molar-refractivity contribution in [1.82, 2.24) is 14.7 Å². The quantitative estimate of drug-likeness (QED) is 0.693. The van der Waals surface area contributed by atoms with E-state index in [-0.39, 0.29) is 11.7 Å². The van der Waals surface area contributed by atoms with Gasteiger partial charge in [-0.3, -0.25) is 0 Å². The van der Waals surface area contributed by atoms with Gasteiger partial charge >= 0.3 is 0 Å². The summed E-state index contributed by atoms with van der Waals surface area (Å²) in [6, 6.07) is 5.08. The first-order valence-electron chi connectivity index (χ1n) is 6.22. The van der Waals surface area contributed by atoms with Crippen molar-refractivity contribution in [2.45, 2.75) is 26.3 Å². The molecule has 4 nitrogen and oxygen atoms in total. The average Bonchev–Trinajstić information content (AvgIpc) is 2.96. The molecule has 0 fully saturated rings. The molecule has 2 aromatic heterocycles. The highest BCUT2D eigenvalue weighted by Crippen LogP contribution is 2.22. The van der Waals surface area contributed by atoms with E-state index >= 15 is 0 Å². The highest BCUT2D eigenvalue weighted by Gasteiger charge is 2.14. The molecule has 0 atom stereocenters. The van der Waals surface area contributed by atoms with E-state index in [1.807, 2.05) is 17.6 Å². The Labute approximate surface area is 120 Å². The topological polar surface area (TPSA) is 43.9 Å². The van der Waals surface area contributed by atoms with Crippen LogP contribution < -0.4 is 0 Å². The van der Waals surface area contributed by atoms with Crippen LogP contribution in [-0.2, 0) is 12.4 Å². The number of benzene rings is 1. The standard InChI is InChI=1S/C14H13ClFN3O/c1-8-3-13-12(5-11(8)16)17-14(6-15)19(13)7-10-4-9(2)20-18-10/h3-5H,6-7H2,1-2H3. The molecule has 2 heterocycles. The number of halogens is 2. The molecule has 0 spiro atoms. The second-order valence-electron chi connectivity index (χ2n) is 4.77. The van der Waals surface area contributed by atoms with Gasteiger partial charge in [-0.05, 0) is 25.5 Å². The molecule has 0 aliphatic carbocycles. The zero-order valence-electron chi connectivity index (χ0n) is 11.2. The molecule has 1 aromatic carbocycles. The maximum atomic E-state index is 13.6. The van der Waals surface area contributed by atoms with Crippen molar-refractivity contribution in [3.63, 3.8) is 0 Å². The number of imidazole rings is 1. The lowest BCUT2D eigenvalue weighted by Gasteiger charge is -2.05. The zero-order chi connectivity index (χ0) is 14.3. The molecule has 0 saturated carbocycles. The zero-order valence-corrected chi connectivity index (χ0v) is 11.9. The summed E-state index contributed by atoms with van der Waals surface area (Å²) in [5, 5.41) is 3.97. The highest BCUT2D eigenvalue weighted by atomic mass is 35.5. The molecular formula is C14H13ClFN3O. The SMILES string of the molecule is Cc1cc(Cn2c(CCl)nc3cc(F)c(C)cc32)no1. The number of hydrogen-bond donors (Lipinski definition) is 0. The Morgan fingerprint density at radius 1 is 1.30 bits per heavy atom. The van der Waals surface area contributed by atoms with E-state index in [0.717, 1.165) is 17.0 Å². The summed E-state index contributed by atoms with van der Waals surface area (Å²) in [4.78, 5) is 4.37. The summed E-state index contributed by atoms with van der Waals surface area (Å²) < 4.78 is 20.6. The Kier molecular flexibility index (Phi) is 3.22. The summed E-state index contributed by atoms with van der Waals surface area (Å²) in [5.74, 6) is 1.43. The summed E-state index contributed by atoms with van der Waals surface area (Å²) in [5.41, 5.74) is 2.82. The highest BCUT2D eigenvalue weighted by molar-refractivity contribution is 6.16. The van der Waals surface area contributed by atoms with Crippen LogP contribution in [0.15, 0.2) is 22.7 Å². The minimum absolute atomic E-state index is 0.256. The number of aromatic nitrogens is 3. The lowest BCUT2D eigenvalue weighted by molar-refractivity contribution is 0.389. The van der Waals surface area contributed by atoms with E-state index in [4.69, 9.17) is 16.1 Å². The van der Waals surface area contributed by atoms with Crippen LogP contribution in [0.25, 0.3) is 11.0 Å². The van der Waals surface area contributed by atoms with Crippen LogP contribution >= 0.6 is 11.6 Å². The fraction of sp³-hybridized carbons (Fsp3) is 0.286. The molecule has 0 radical (unpaired) electrons. The monoisotopic (exact) mass is 293 g/mol. The fourth-order valence-electron chi connectivity index (χ4n) is 2.23. The maximum Gasteiger partial charge on any atom is 0.133 e. The van der Waals surface area contributed by atoms with Gasteiger partial charge in [0, 0.05) is 12.1 Å². The summed E-state index contributed by atoms with van der Waals surface area (Å²) in [6.07, 6.45) is 0. The first kappa shape index (κ1) is 13.1. The second kappa shape index (κ2) is 4.90. The number of hydrogen-bond acceptors (Lipinski definition) is 3. The van der Waals surface area contributed by atoms with Gasteiger partial charge in [0.25, 0.3) is 0 Å². The third-order valence-electron chi connectivity index (χ3n) is 3.22. The van der Waals surface area contributed by atoms with E-state index in [9.17, 15) is 4.39 Å². The summed E-state index contributed by atoms with van der Waals surface area (Å²) >= 11 is 5.93. The van der Waals surface area contributed by atoms with E-state index in [0.29, 0.717) is 23.4 Å². The van der Waals surface area contributed by atoms with Crippen LogP contribution in [0.1, 0.15) is 22.8 Å². The van der Waals surface area contributed by atoms with Gasteiger partial charge in [-0.25, -0.2) is 9.37 Å². The number of fused-ring (bicyclic) bond motifs is 1. The van der Waals surface area contributed by atoms with Crippen molar-refractivity contribution in [2.24, 2.45) is 0 Å². The van der Waals surface area contributed by atoms with Gasteiger partial charge in [-0.15, -0.1) is 11.6 Å². The molecule has 0 amide bonds. The molecule has 6 heteroatoms. The lowest BCUT2D eigenvalue weighted by atomic mass is 10.2. The van der Waals surface area contributed by atoms with Crippen molar-refractivity contribution >= 4 is 22.6 Å². The predicted octanol–water partition coefficient (Wildman–Crippen LogP) is 3.57. The van der Waals surface area contributed by atoms with Gasteiger partial charge < -0.3 is 9.09 Å². The predicted molar refractivity (Wildman–Crippen MR) is 74.3 cm³/mol. The Balaban J connectivity index is 2.14. The van der Waals surface area contributed by atoms with Gasteiger partial charge in [0.05, 0.1) is 23.5 Å². The van der Waals surface area contributed by atoms with Crippen LogP contribution in [0.2, 0.25) is 0 Å². The van der Waals surface area contributed by atoms with E-state index in [1.165, 1.54) is 6.07 Å². The minimum atomic E-state index is -0.263. The Bertz CT molecular complexity index is 778. The molecule has 0 aliphatic heterocycles. The third kappa shape index (κ3) is 2.18. The normalized spacial score (nSPS) is 11.4. The Morgan fingerprint density at radius 3 is 2.75 bits per heavy atom. The van der Waals surface area contributed by atoms with Crippen LogP contribution in [0.4, 0.5) is 4.39 Å². The number of aryl methyl sites for hydroxylation is 2. The summed E-state index contributed by atoms with van der Waals surface area (Å²) in [6.45, 7) is 4.07. The van der Waals surface area contributed by atoms with Crippen molar-refractivity contribution in [1.29, 1.82) is 0 Å². The van der Waals surface area contributed by atoms with Gasteiger partial charge in [-0.2, -0.15) is 0 Å². The van der Waals surface area contributed by atoms with Crippen molar-refractivity contribution in [2.75, 3.05) is 0 Å². The van der Waals surface area contributed by atoms with Crippen molar-refractivity contribution < 1.29 is 8.91 Å². The van der Waals surface area contributed by atoms with Crippen molar-refractivity contribution in [3.05, 3.63) is 46.9 Å². The molecule has 104 valence electrons. The van der Waals surface area contributed by atoms with E-state index in [2.05, 4.69) is 10.1 Å². The first-order valence-corrected chi connectivity index (χ1v) is 6.75. The van der Waals surface area contributed by atoms with E-state index < -0.39 is 0 Å². The lowest BCUT2D eigenvalue weighted by Crippen LogP contribution is -2.04. The van der Waals surface area contributed by atoms with E-state index in [1.54, 1.807) is 13.0 Å². The van der Waals surface area contributed by atoms with Crippen LogP contribution in [-0.4, -0.2) is 14.7 Å². The molecule has 0 unspecified atom stereocenters. The Hall–Kier alpha value is -1.88. The summed E-state index contributed by atoms with van der Waals surface area (Å²) in [7, 11) is 0. The number of nitrogens with zero attached hydrogens (tertiary/aromatic N) is 3. The second-order valence-corrected chi connectivity index (χ2v) is 5.03. The van der Waals surface area contributed by atoms with Gasteiger partial charge in [0.2, 0.25) is 0 Å². The van der Waals surface area contributed by atoms with Crippen LogP contribution in [0, 0.1) is 19.7 Å². The fourth-order valence-corrected chi connectivity index (χ4v) is 2.44. The molecule has 20 heavy (non-hydrogen) atoms. The van der Waals surface area contributed by atoms with Gasteiger partial charge in [-0.1, -0.05) is 5.16 Å². The number of rotatable bonds is 3. The molecular weight excluding hydrogens is 281 g/mol. The van der Waals surface area contributed by atoms with Crippen LogP contribution in [0.3, 0.4) is 0 Å². The average molecular weight is 294 g/mol. The largest absolute Gasteiger partial charge is 0.361 e. The molecule has 0 N–H and O–H groups in total. The molecule has 3 aromatic rings. The Morgan fingerprint density at radius 2 is 2.10 bits per heavy atom. The third-order valence-corrected chi connectivity index (χ3v) is 3.46. The maximum absolute atomic E-state index is 13.6. The minimum Gasteiger partial charge on any atom is -0.361 e. The molecule has 3 rings (SSSR count). The first-order chi connectivity index (χ1) is 9.58.